The molecule has 0 bridgehead atoms. The minimum absolute atomic E-state index is 0.0918. The van der Waals surface area contributed by atoms with E-state index >= 15 is 0 Å². The maximum atomic E-state index is 13.0. The third-order valence-electron chi connectivity index (χ3n) is 6.17. The van der Waals surface area contributed by atoms with E-state index in [1.54, 1.807) is 12.1 Å². The molecule has 0 unspecified atom stereocenters. The van der Waals surface area contributed by atoms with E-state index in [0.29, 0.717) is 11.5 Å². The molecule has 0 radical (unpaired) electrons. The first kappa shape index (κ1) is 29.3. The Bertz CT molecular complexity index is 820. The smallest absolute Gasteiger partial charge is 0.240 e. The van der Waals surface area contributed by atoms with E-state index in [1.165, 1.54) is 6.04 Å². The van der Waals surface area contributed by atoms with Crippen LogP contribution in [-0.4, -0.2) is 37.5 Å². The van der Waals surface area contributed by atoms with Gasteiger partial charge in [0.2, 0.25) is 10.0 Å². The molecule has 0 aliphatic heterocycles. The van der Waals surface area contributed by atoms with Crippen LogP contribution >= 0.6 is 0 Å². The van der Waals surface area contributed by atoms with Gasteiger partial charge in [-0.3, -0.25) is 0 Å². The van der Waals surface area contributed by atoms with Crippen molar-refractivity contribution in [3.05, 3.63) is 42.0 Å². The second-order valence-corrected chi connectivity index (χ2v) is 23.8. The summed E-state index contributed by atoms with van der Waals surface area (Å²) in [6, 6.07) is 8.01. The second kappa shape index (κ2) is 12.1. The standard InChI is InChI=1S/C25H47NO3SSi2/c1-22-16-18-24(19-17-22)30(27,28)26-23(21-29-32(8,9)25(2,3)4)15-13-11-10-12-14-20-31(5,6)7/h12,14,16-19,23,26H,10-11,13,15,20-21H2,1-9H3/b14-12-/t23-/m1/s1. The fourth-order valence-electron chi connectivity index (χ4n) is 2.91. The summed E-state index contributed by atoms with van der Waals surface area (Å²) in [4.78, 5) is 0.315. The van der Waals surface area contributed by atoms with Crippen LogP contribution in [0.25, 0.3) is 0 Å². The average Bonchev–Trinajstić information content (AvgIpc) is 2.63. The molecule has 0 saturated heterocycles. The van der Waals surface area contributed by atoms with E-state index in [1.807, 2.05) is 19.1 Å². The van der Waals surface area contributed by atoms with Gasteiger partial charge in [0.05, 0.1) is 11.5 Å². The molecule has 7 heteroatoms. The quantitative estimate of drug-likeness (QED) is 0.179. The van der Waals surface area contributed by atoms with Crippen molar-refractivity contribution in [2.24, 2.45) is 0 Å². The zero-order chi connectivity index (χ0) is 24.6. The number of unbranched alkanes of at least 4 members (excludes halogenated alkanes) is 2. The van der Waals surface area contributed by atoms with E-state index in [-0.39, 0.29) is 11.1 Å². The summed E-state index contributed by atoms with van der Waals surface area (Å²) in [6.45, 7) is 20.6. The Morgan fingerprint density at radius 2 is 1.59 bits per heavy atom. The van der Waals surface area contributed by atoms with E-state index in [0.717, 1.165) is 31.2 Å². The zero-order valence-electron chi connectivity index (χ0n) is 21.9. The van der Waals surface area contributed by atoms with Crippen LogP contribution in [-0.2, 0) is 14.4 Å². The summed E-state index contributed by atoms with van der Waals surface area (Å²) in [7, 11) is -6.55. The fraction of sp³-hybridized carbons (Fsp3) is 0.680. The fourth-order valence-corrected chi connectivity index (χ4v) is 6.09. The third kappa shape index (κ3) is 10.9. The Morgan fingerprint density at radius 1 is 1.00 bits per heavy atom. The normalized spacial score (nSPS) is 14.8. The Hall–Kier alpha value is -0.736. The molecule has 1 aromatic carbocycles. The molecule has 0 amide bonds. The van der Waals surface area contributed by atoms with Gasteiger partial charge < -0.3 is 4.43 Å². The van der Waals surface area contributed by atoms with E-state index in [4.69, 9.17) is 4.43 Å². The van der Waals surface area contributed by atoms with Gasteiger partial charge in [-0.1, -0.05) is 76.7 Å². The van der Waals surface area contributed by atoms with Gasteiger partial charge in [0.1, 0.15) is 0 Å². The van der Waals surface area contributed by atoms with Crippen molar-refractivity contribution in [3.8, 4) is 0 Å². The number of hydrogen-bond donors (Lipinski definition) is 1. The van der Waals surface area contributed by atoms with E-state index < -0.39 is 26.4 Å². The Labute approximate surface area is 200 Å². The van der Waals surface area contributed by atoms with Crippen molar-refractivity contribution < 1.29 is 12.8 Å². The first-order valence-electron chi connectivity index (χ1n) is 11.9. The monoisotopic (exact) mass is 497 g/mol. The lowest BCUT2D eigenvalue weighted by atomic mass is 10.1. The first-order chi connectivity index (χ1) is 14.5. The van der Waals surface area contributed by atoms with Crippen LogP contribution in [0.3, 0.4) is 0 Å². The van der Waals surface area contributed by atoms with Crippen LogP contribution in [0, 0.1) is 6.92 Å². The molecule has 1 rings (SSSR count). The maximum Gasteiger partial charge on any atom is 0.240 e. The molecular weight excluding hydrogens is 451 g/mol. The van der Waals surface area contributed by atoms with Gasteiger partial charge in [0, 0.05) is 14.1 Å². The van der Waals surface area contributed by atoms with Crippen molar-refractivity contribution in [2.75, 3.05) is 6.61 Å². The van der Waals surface area contributed by atoms with Crippen molar-refractivity contribution >= 4 is 26.4 Å². The topological polar surface area (TPSA) is 55.4 Å². The number of sulfonamides is 1. The Balaban J connectivity index is 2.77. The van der Waals surface area contributed by atoms with Crippen molar-refractivity contribution in [2.45, 2.75) is 108 Å². The number of hydrogen-bond acceptors (Lipinski definition) is 3. The van der Waals surface area contributed by atoms with Crippen molar-refractivity contribution in [1.29, 1.82) is 0 Å². The van der Waals surface area contributed by atoms with Gasteiger partial charge in [0.15, 0.2) is 8.32 Å². The molecule has 1 N–H and O–H groups in total. The van der Waals surface area contributed by atoms with Gasteiger partial charge in [-0.2, -0.15) is 0 Å². The predicted molar refractivity (Wildman–Crippen MR) is 144 cm³/mol. The van der Waals surface area contributed by atoms with Crippen LogP contribution in [0.1, 0.15) is 52.0 Å². The van der Waals surface area contributed by atoms with Gasteiger partial charge >= 0.3 is 0 Å². The number of rotatable bonds is 13. The molecule has 32 heavy (non-hydrogen) atoms. The molecule has 0 aliphatic rings. The predicted octanol–water partition coefficient (Wildman–Crippen LogP) is 7.12. The van der Waals surface area contributed by atoms with Gasteiger partial charge in [-0.25, -0.2) is 13.1 Å². The molecule has 0 fully saturated rings. The molecule has 0 aromatic heterocycles. The first-order valence-corrected chi connectivity index (χ1v) is 20.0. The maximum absolute atomic E-state index is 13.0. The molecule has 184 valence electrons. The number of allylic oxidation sites excluding steroid dienone is 2. The molecule has 0 spiro atoms. The molecular formula is C25H47NO3SSi2. The summed E-state index contributed by atoms with van der Waals surface area (Å²) in [5.41, 5.74) is 1.05. The van der Waals surface area contributed by atoms with Gasteiger partial charge in [0.25, 0.3) is 0 Å². The lowest BCUT2D eigenvalue weighted by Gasteiger charge is -2.37. The number of nitrogens with one attached hydrogen (secondary N) is 1. The molecule has 1 aromatic rings. The minimum atomic E-state index is -3.57. The molecule has 1 atom stereocenters. The molecule has 4 nitrogen and oxygen atoms in total. The largest absolute Gasteiger partial charge is 0.415 e. The second-order valence-electron chi connectivity index (χ2n) is 11.7. The minimum Gasteiger partial charge on any atom is -0.415 e. The lowest BCUT2D eigenvalue weighted by molar-refractivity contribution is 0.247. The summed E-state index contributed by atoms with van der Waals surface area (Å²) in [5, 5.41) is 0.0918. The highest BCUT2D eigenvalue weighted by Gasteiger charge is 2.37. The third-order valence-corrected chi connectivity index (χ3v) is 13.7. The SMILES string of the molecule is Cc1ccc(S(=O)(=O)N[C@H](CCCC/C=C\C[Si](C)(C)C)CO[Si](C)(C)C(C)(C)C)cc1. The van der Waals surface area contributed by atoms with Crippen molar-refractivity contribution in [1.82, 2.24) is 4.72 Å². The highest BCUT2D eigenvalue weighted by molar-refractivity contribution is 7.89. The number of aryl methyl sites for hydroxylation is 1. The number of benzene rings is 1. The van der Waals surface area contributed by atoms with E-state index in [2.05, 4.69) is 70.4 Å². The van der Waals surface area contributed by atoms with Crippen LogP contribution in [0.5, 0.6) is 0 Å². The summed E-state index contributed by atoms with van der Waals surface area (Å²) in [5.74, 6) is 0. The molecule has 0 heterocycles. The summed E-state index contributed by atoms with van der Waals surface area (Å²) >= 11 is 0. The van der Waals surface area contributed by atoms with Gasteiger partial charge in [-0.15, -0.1) is 0 Å². The van der Waals surface area contributed by atoms with Crippen molar-refractivity contribution in [3.63, 3.8) is 0 Å². The molecule has 0 saturated carbocycles. The average molecular weight is 498 g/mol. The van der Waals surface area contributed by atoms with Gasteiger partial charge in [-0.05, 0) is 62.5 Å². The van der Waals surface area contributed by atoms with Crippen LogP contribution in [0.2, 0.25) is 43.8 Å². The lowest BCUT2D eigenvalue weighted by Crippen LogP contribution is -2.46. The zero-order valence-corrected chi connectivity index (χ0v) is 24.7. The van der Waals surface area contributed by atoms with Crippen LogP contribution in [0.4, 0.5) is 0 Å². The highest BCUT2D eigenvalue weighted by atomic mass is 32.2. The summed E-state index contributed by atoms with van der Waals surface area (Å²) in [6.07, 6.45) is 8.47. The van der Waals surface area contributed by atoms with Crippen LogP contribution < -0.4 is 4.72 Å². The Kier molecular flexibility index (Phi) is 11.1. The van der Waals surface area contributed by atoms with E-state index in [9.17, 15) is 8.42 Å². The van der Waals surface area contributed by atoms with Crippen LogP contribution in [0.15, 0.2) is 41.3 Å². The highest BCUT2D eigenvalue weighted by Crippen LogP contribution is 2.36. The summed E-state index contributed by atoms with van der Waals surface area (Å²) < 4.78 is 35.3. The Morgan fingerprint density at radius 3 is 2.12 bits per heavy atom. The molecule has 0 aliphatic carbocycles.